The number of hydrogen-bond acceptors (Lipinski definition) is 3. The molecule has 0 saturated heterocycles. The van der Waals surface area contributed by atoms with E-state index in [2.05, 4.69) is 5.32 Å². The molecule has 1 aromatic carbocycles. The van der Waals surface area contributed by atoms with Crippen LogP contribution >= 0.6 is 0 Å². The molecule has 0 aromatic heterocycles. The van der Waals surface area contributed by atoms with Gasteiger partial charge in [-0.15, -0.1) is 0 Å². The molecule has 0 atom stereocenters. The van der Waals surface area contributed by atoms with Gasteiger partial charge in [-0.2, -0.15) is 0 Å². The lowest BCUT2D eigenvalue weighted by atomic mass is 9.82. The molecule has 5 nitrogen and oxygen atoms in total. The molecule has 122 valence electrons. The number of aryl methyl sites for hydroxylation is 1. The summed E-state index contributed by atoms with van der Waals surface area (Å²) >= 11 is 0. The van der Waals surface area contributed by atoms with Crippen molar-refractivity contribution in [2.24, 2.45) is 5.41 Å². The number of aliphatic carboxylic acids is 1. The Hall–Kier alpha value is -2.04. The highest BCUT2D eigenvalue weighted by atomic mass is 16.5. The van der Waals surface area contributed by atoms with Crippen molar-refractivity contribution in [2.75, 3.05) is 13.2 Å². The van der Waals surface area contributed by atoms with Crippen LogP contribution in [0.4, 0.5) is 0 Å². The summed E-state index contributed by atoms with van der Waals surface area (Å²) < 4.78 is 5.51. The van der Waals surface area contributed by atoms with Crippen molar-refractivity contribution >= 4 is 11.9 Å². The lowest BCUT2D eigenvalue weighted by Crippen LogP contribution is -2.42. The van der Waals surface area contributed by atoms with Crippen LogP contribution in [0.5, 0.6) is 5.75 Å². The van der Waals surface area contributed by atoms with E-state index in [1.807, 2.05) is 45.0 Å². The summed E-state index contributed by atoms with van der Waals surface area (Å²) in [5.74, 6) is -0.330. The predicted octanol–water partition coefficient (Wildman–Crippen LogP) is 2.77. The predicted molar refractivity (Wildman–Crippen MR) is 85.0 cm³/mol. The largest absolute Gasteiger partial charge is 0.493 e. The highest BCUT2D eigenvalue weighted by molar-refractivity contribution is 5.79. The minimum Gasteiger partial charge on any atom is -0.493 e. The average Bonchev–Trinajstić information content (AvgIpc) is 2.48. The molecular weight excluding hydrogens is 282 g/mol. The van der Waals surface area contributed by atoms with Crippen molar-refractivity contribution < 1.29 is 19.4 Å². The van der Waals surface area contributed by atoms with E-state index < -0.39 is 11.4 Å². The average molecular weight is 307 g/mol. The van der Waals surface area contributed by atoms with E-state index >= 15 is 0 Å². The van der Waals surface area contributed by atoms with Crippen LogP contribution in [0.3, 0.4) is 0 Å². The van der Waals surface area contributed by atoms with Crippen LogP contribution in [0, 0.1) is 12.3 Å². The Labute approximate surface area is 131 Å². The SMILES string of the molecule is CCC(CC)(CNC(=O)CCOc1cccc(C)c1)C(=O)O. The maximum atomic E-state index is 11.8. The number of carboxylic acid groups (broad SMARTS) is 1. The van der Waals surface area contributed by atoms with E-state index in [0.717, 1.165) is 11.3 Å². The van der Waals surface area contributed by atoms with Crippen LogP contribution < -0.4 is 10.1 Å². The van der Waals surface area contributed by atoms with Crippen LogP contribution in [0.1, 0.15) is 38.7 Å². The third kappa shape index (κ3) is 5.06. The lowest BCUT2D eigenvalue weighted by Gasteiger charge is -2.26. The maximum Gasteiger partial charge on any atom is 0.311 e. The van der Waals surface area contributed by atoms with Gasteiger partial charge < -0.3 is 15.2 Å². The van der Waals surface area contributed by atoms with E-state index in [9.17, 15) is 14.7 Å². The summed E-state index contributed by atoms with van der Waals surface area (Å²) in [5.41, 5.74) is 0.214. The first-order valence-corrected chi connectivity index (χ1v) is 7.63. The van der Waals surface area contributed by atoms with Gasteiger partial charge in [0.1, 0.15) is 5.75 Å². The molecule has 0 bridgehead atoms. The van der Waals surface area contributed by atoms with Crippen LogP contribution in [0.2, 0.25) is 0 Å². The molecule has 0 aliphatic rings. The van der Waals surface area contributed by atoms with E-state index in [0.29, 0.717) is 12.8 Å². The van der Waals surface area contributed by atoms with Gasteiger partial charge in [0.2, 0.25) is 5.91 Å². The van der Waals surface area contributed by atoms with Gasteiger partial charge in [0.15, 0.2) is 0 Å². The van der Waals surface area contributed by atoms with Gasteiger partial charge in [0, 0.05) is 6.54 Å². The number of ether oxygens (including phenoxy) is 1. The van der Waals surface area contributed by atoms with Crippen LogP contribution in [-0.4, -0.2) is 30.1 Å². The molecule has 0 unspecified atom stereocenters. The zero-order chi connectivity index (χ0) is 16.6. The minimum atomic E-state index is -0.882. The molecule has 0 saturated carbocycles. The van der Waals surface area contributed by atoms with E-state index in [1.54, 1.807) is 0 Å². The van der Waals surface area contributed by atoms with Crippen molar-refractivity contribution in [1.29, 1.82) is 0 Å². The van der Waals surface area contributed by atoms with E-state index in [4.69, 9.17) is 4.74 Å². The zero-order valence-electron chi connectivity index (χ0n) is 13.5. The fourth-order valence-electron chi connectivity index (χ4n) is 2.20. The molecule has 1 rings (SSSR count). The topological polar surface area (TPSA) is 75.6 Å². The first kappa shape index (κ1) is 18.0. The smallest absolute Gasteiger partial charge is 0.311 e. The van der Waals surface area contributed by atoms with E-state index in [-0.39, 0.29) is 25.5 Å². The van der Waals surface area contributed by atoms with Crippen molar-refractivity contribution in [3.05, 3.63) is 29.8 Å². The quantitative estimate of drug-likeness (QED) is 0.735. The Bertz CT molecular complexity index is 509. The van der Waals surface area contributed by atoms with Gasteiger partial charge in [0.05, 0.1) is 18.4 Å². The number of benzene rings is 1. The summed E-state index contributed by atoms with van der Waals surface area (Å²) in [6.45, 7) is 6.04. The monoisotopic (exact) mass is 307 g/mol. The van der Waals surface area contributed by atoms with Crippen LogP contribution in [0.25, 0.3) is 0 Å². The summed E-state index contributed by atoms with van der Waals surface area (Å²) in [6.07, 6.45) is 1.18. The van der Waals surface area contributed by atoms with Gasteiger partial charge in [0.25, 0.3) is 0 Å². The van der Waals surface area contributed by atoms with Crippen LogP contribution in [-0.2, 0) is 9.59 Å². The third-order valence-electron chi connectivity index (χ3n) is 4.02. The zero-order valence-corrected chi connectivity index (χ0v) is 13.5. The highest BCUT2D eigenvalue weighted by Crippen LogP contribution is 2.25. The molecule has 0 aliphatic carbocycles. The highest BCUT2D eigenvalue weighted by Gasteiger charge is 2.34. The number of rotatable bonds is 9. The molecule has 1 aromatic rings. The van der Waals surface area contributed by atoms with Crippen molar-refractivity contribution in [3.63, 3.8) is 0 Å². The molecule has 0 aliphatic heterocycles. The number of carbonyl (C=O) groups excluding carboxylic acids is 1. The molecule has 0 fully saturated rings. The normalized spacial score (nSPS) is 11.0. The molecule has 0 spiro atoms. The van der Waals surface area contributed by atoms with Crippen molar-refractivity contribution in [2.45, 2.75) is 40.0 Å². The maximum absolute atomic E-state index is 11.8. The third-order valence-corrected chi connectivity index (χ3v) is 4.02. The van der Waals surface area contributed by atoms with E-state index in [1.165, 1.54) is 0 Å². The minimum absolute atomic E-state index is 0.151. The van der Waals surface area contributed by atoms with Crippen LogP contribution in [0.15, 0.2) is 24.3 Å². The molecule has 0 heterocycles. The Balaban J connectivity index is 2.39. The second kappa shape index (κ2) is 8.41. The molecule has 22 heavy (non-hydrogen) atoms. The first-order chi connectivity index (χ1) is 10.4. The second-order valence-corrected chi connectivity index (χ2v) is 5.48. The Kier molecular flexibility index (Phi) is 6.89. The number of nitrogens with one attached hydrogen (secondary N) is 1. The lowest BCUT2D eigenvalue weighted by molar-refractivity contribution is -0.149. The Morgan fingerprint density at radius 2 is 1.95 bits per heavy atom. The van der Waals surface area contributed by atoms with Gasteiger partial charge in [-0.25, -0.2) is 0 Å². The molecule has 2 N–H and O–H groups in total. The Morgan fingerprint density at radius 1 is 1.27 bits per heavy atom. The summed E-state index contributed by atoms with van der Waals surface area (Å²) in [5, 5.41) is 12.0. The van der Waals surface area contributed by atoms with Gasteiger partial charge in [-0.3, -0.25) is 9.59 Å². The fourth-order valence-corrected chi connectivity index (χ4v) is 2.20. The van der Waals surface area contributed by atoms with Crippen molar-refractivity contribution in [1.82, 2.24) is 5.32 Å². The molecule has 5 heteroatoms. The fraction of sp³-hybridized carbons (Fsp3) is 0.529. The van der Waals surface area contributed by atoms with Gasteiger partial charge >= 0.3 is 5.97 Å². The summed E-state index contributed by atoms with van der Waals surface area (Å²) in [4.78, 5) is 23.2. The number of hydrogen-bond donors (Lipinski definition) is 2. The standard InChI is InChI=1S/C17H25NO4/c1-4-17(5-2,16(20)21)12-18-15(19)9-10-22-14-8-6-7-13(3)11-14/h6-8,11H,4-5,9-10,12H2,1-3H3,(H,18,19)(H,20,21). The number of carboxylic acids is 1. The van der Waals surface area contributed by atoms with Gasteiger partial charge in [-0.1, -0.05) is 26.0 Å². The molecule has 0 radical (unpaired) electrons. The second-order valence-electron chi connectivity index (χ2n) is 5.48. The first-order valence-electron chi connectivity index (χ1n) is 7.63. The Morgan fingerprint density at radius 3 is 2.50 bits per heavy atom. The van der Waals surface area contributed by atoms with Gasteiger partial charge in [-0.05, 0) is 37.5 Å². The molecule has 1 amide bonds. The summed E-state index contributed by atoms with van der Waals surface area (Å²) in [7, 11) is 0. The summed E-state index contributed by atoms with van der Waals surface area (Å²) in [6, 6.07) is 7.62. The number of carbonyl (C=O) groups is 2. The van der Waals surface area contributed by atoms with Crippen molar-refractivity contribution in [3.8, 4) is 5.75 Å². The number of amides is 1. The molecular formula is C17H25NO4.